The number of ether oxygens (including phenoxy) is 1. The van der Waals surface area contributed by atoms with Gasteiger partial charge >= 0.3 is 0 Å². The third kappa shape index (κ3) is 4.58. The molecule has 0 radical (unpaired) electrons. The summed E-state index contributed by atoms with van der Waals surface area (Å²) < 4.78 is 5.56. The van der Waals surface area contributed by atoms with Crippen LogP contribution in [0.15, 0.2) is 35.9 Å². The first-order chi connectivity index (χ1) is 10.2. The van der Waals surface area contributed by atoms with Crippen molar-refractivity contribution < 1.29 is 4.74 Å². The van der Waals surface area contributed by atoms with Crippen molar-refractivity contribution in [1.29, 1.82) is 0 Å². The quantitative estimate of drug-likeness (QED) is 0.615. The second-order valence-corrected chi connectivity index (χ2v) is 5.94. The van der Waals surface area contributed by atoms with Crippen LogP contribution in [0.25, 0.3) is 0 Å². The molecule has 1 aliphatic heterocycles. The van der Waals surface area contributed by atoms with Crippen LogP contribution >= 0.6 is 0 Å². The zero-order chi connectivity index (χ0) is 15.1. The molecular formula is C18H28N2O. The lowest BCUT2D eigenvalue weighted by Gasteiger charge is -2.29. The SMILES string of the molecule is COc1ccccc1C(CNCC=C(C)C)N1CCCC1. The molecule has 21 heavy (non-hydrogen) atoms. The molecule has 1 heterocycles. The molecule has 1 aromatic rings. The predicted octanol–water partition coefficient (Wildman–Crippen LogP) is 3.39. The lowest BCUT2D eigenvalue weighted by molar-refractivity contribution is 0.235. The number of rotatable bonds is 7. The molecule has 1 fully saturated rings. The van der Waals surface area contributed by atoms with Crippen LogP contribution in [0.4, 0.5) is 0 Å². The minimum absolute atomic E-state index is 0.397. The summed E-state index contributed by atoms with van der Waals surface area (Å²) >= 11 is 0. The van der Waals surface area contributed by atoms with Crippen LogP contribution < -0.4 is 10.1 Å². The first kappa shape index (κ1) is 16.1. The van der Waals surface area contributed by atoms with Crippen molar-refractivity contribution >= 4 is 0 Å². The highest BCUT2D eigenvalue weighted by molar-refractivity contribution is 5.36. The van der Waals surface area contributed by atoms with Crippen LogP contribution in [0.5, 0.6) is 5.75 Å². The molecule has 0 aliphatic carbocycles. The maximum absolute atomic E-state index is 5.56. The molecule has 0 bridgehead atoms. The van der Waals surface area contributed by atoms with Crippen molar-refractivity contribution in [3.05, 3.63) is 41.5 Å². The second kappa shape index (κ2) is 8.20. The average molecular weight is 288 g/mol. The molecule has 0 amide bonds. The van der Waals surface area contributed by atoms with Gasteiger partial charge < -0.3 is 10.1 Å². The number of methoxy groups -OCH3 is 1. The van der Waals surface area contributed by atoms with Gasteiger partial charge in [0.05, 0.1) is 13.2 Å². The van der Waals surface area contributed by atoms with E-state index in [2.05, 4.69) is 48.3 Å². The Morgan fingerprint density at radius 2 is 2.00 bits per heavy atom. The van der Waals surface area contributed by atoms with Crippen LogP contribution in [0.1, 0.15) is 38.3 Å². The van der Waals surface area contributed by atoms with E-state index in [1.807, 2.05) is 6.07 Å². The zero-order valence-electron chi connectivity index (χ0n) is 13.6. The van der Waals surface area contributed by atoms with E-state index >= 15 is 0 Å². The van der Waals surface area contributed by atoms with Gasteiger partial charge in [-0.2, -0.15) is 0 Å². The fourth-order valence-electron chi connectivity index (χ4n) is 2.93. The molecule has 1 N–H and O–H groups in total. The second-order valence-electron chi connectivity index (χ2n) is 5.94. The largest absolute Gasteiger partial charge is 0.496 e. The summed E-state index contributed by atoms with van der Waals surface area (Å²) in [5.74, 6) is 0.999. The van der Waals surface area contributed by atoms with Crippen LogP contribution in [-0.4, -0.2) is 38.2 Å². The van der Waals surface area contributed by atoms with Gasteiger partial charge in [0.1, 0.15) is 5.75 Å². The number of nitrogens with zero attached hydrogens (tertiary/aromatic N) is 1. The highest BCUT2D eigenvalue weighted by Gasteiger charge is 2.25. The number of hydrogen-bond acceptors (Lipinski definition) is 3. The number of likely N-dealkylation sites (tertiary alicyclic amines) is 1. The van der Waals surface area contributed by atoms with Gasteiger partial charge in [-0.1, -0.05) is 29.8 Å². The van der Waals surface area contributed by atoms with Crippen molar-refractivity contribution in [2.24, 2.45) is 0 Å². The molecule has 2 rings (SSSR count). The number of allylic oxidation sites excluding steroid dienone is 1. The van der Waals surface area contributed by atoms with E-state index in [0.717, 1.165) is 18.8 Å². The van der Waals surface area contributed by atoms with Gasteiger partial charge in [0.2, 0.25) is 0 Å². The van der Waals surface area contributed by atoms with Gasteiger partial charge in [-0.05, 0) is 45.8 Å². The maximum Gasteiger partial charge on any atom is 0.123 e. The van der Waals surface area contributed by atoms with Gasteiger partial charge in [0, 0.05) is 18.7 Å². The number of para-hydroxylation sites is 1. The van der Waals surface area contributed by atoms with Gasteiger partial charge in [-0.3, -0.25) is 4.90 Å². The molecule has 0 aromatic heterocycles. The average Bonchev–Trinajstić information content (AvgIpc) is 3.01. The van der Waals surface area contributed by atoms with Gasteiger partial charge in [0.25, 0.3) is 0 Å². The van der Waals surface area contributed by atoms with Crippen molar-refractivity contribution in [2.75, 3.05) is 33.3 Å². The molecule has 1 unspecified atom stereocenters. The number of hydrogen-bond donors (Lipinski definition) is 1. The molecule has 1 saturated heterocycles. The van der Waals surface area contributed by atoms with E-state index < -0.39 is 0 Å². The molecule has 1 aromatic carbocycles. The summed E-state index contributed by atoms with van der Waals surface area (Å²) in [6.07, 6.45) is 4.85. The Morgan fingerprint density at radius 3 is 2.67 bits per heavy atom. The highest BCUT2D eigenvalue weighted by Crippen LogP contribution is 2.31. The molecule has 0 spiro atoms. The first-order valence-electron chi connectivity index (χ1n) is 7.93. The van der Waals surface area contributed by atoms with Crippen LogP contribution in [0.3, 0.4) is 0 Å². The van der Waals surface area contributed by atoms with E-state index in [9.17, 15) is 0 Å². The Morgan fingerprint density at radius 1 is 1.29 bits per heavy atom. The van der Waals surface area contributed by atoms with E-state index in [4.69, 9.17) is 4.74 Å². The normalized spacial score (nSPS) is 16.7. The Kier molecular flexibility index (Phi) is 6.27. The Bertz CT molecular complexity index is 460. The number of nitrogens with one attached hydrogen (secondary N) is 1. The summed E-state index contributed by atoms with van der Waals surface area (Å²) in [6, 6.07) is 8.81. The molecule has 3 nitrogen and oxygen atoms in total. The topological polar surface area (TPSA) is 24.5 Å². The van der Waals surface area contributed by atoms with Crippen LogP contribution in [-0.2, 0) is 0 Å². The third-order valence-electron chi connectivity index (χ3n) is 4.07. The summed E-state index contributed by atoms with van der Waals surface area (Å²) in [5, 5.41) is 3.57. The monoisotopic (exact) mass is 288 g/mol. The Labute approximate surface area is 129 Å². The van der Waals surface area contributed by atoms with E-state index in [-0.39, 0.29) is 0 Å². The smallest absolute Gasteiger partial charge is 0.123 e. The Balaban J connectivity index is 2.09. The first-order valence-corrected chi connectivity index (χ1v) is 7.93. The summed E-state index contributed by atoms with van der Waals surface area (Å²) in [6.45, 7) is 8.55. The molecule has 3 heteroatoms. The van der Waals surface area contributed by atoms with E-state index in [0.29, 0.717) is 6.04 Å². The molecular weight excluding hydrogens is 260 g/mol. The molecule has 1 atom stereocenters. The summed E-state index contributed by atoms with van der Waals surface area (Å²) in [7, 11) is 1.76. The van der Waals surface area contributed by atoms with Crippen molar-refractivity contribution in [3.63, 3.8) is 0 Å². The lowest BCUT2D eigenvalue weighted by atomic mass is 10.0. The van der Waals surface area contributed by atoms with Gasteiger partial charge in [0.15, 0.2) is 0 Å². The minimum Gasteiger partial charge on any atom is -0.496 e. The maximum atomic E-state index is 5.56. The predicted molar refractivity (Wildman–Crippen MR) is 88.8 cm³/mol. The Hall–Kier alpha value is -1.32. The highest BCUT2D eigenvalue weighted by atomic mass is 16.5. The van der Waals surface area contributed by atoms with Crippen molar-refractivity contribution in [1.82, 2.24) is 10.2 Å². The van der Waals surface area contributed by atoms with Gasteiger partial charge in [-0.25, -0.2) is 0 Å². The summed E-state index contributed by atoms with van der Waals surface area (Å²) in [4.78, 5) is 2.58. The third-order valence-corrected chi connectivity index (χ3v) is 4.07. The van der Waals surface area contributed by atoms with Gasteiger partial charge in [-0.15, -0.1) is 0 Å². The van der Waals surface area contributed by atoms with E-state index in [1.165, 1.54) is 37.1 Å². The lowest BCUT2D eigenvalue weighted by Crippen LogP contribution is -2.34. The molecule has 1 aliphatic rings. The van der Waals surface area contributed by atoms with Crippen LogP contribution in [0.2, 0.25) is 0 Å². The fourth-order valence-corrected chi connectivity index (χ4v) is 2.93. The zero-order valence-corrected chi connectivity index (χ0v) is 13.6. The van der Waals surface area contributed by atoms with E-state index in [1.54, 1.807) is 7.11 Å². The molecule has 0 saturated carbocycles. The van der Waals surface area contributed by atoms with Crippen molar-refractivity contribution in [2.45, 2.75) is 32.7 Å². The van der Waals surface area contributed by atoms with Crippen LogP contribution in [0, 0.1) is 0 Å². The standard InChI is InChI=1S/C18H28N2O/c1-15(2)10-11-19-14-17(20-12-6-7-13-20)16-8-4-5-9-18(16)21-3/h4-5,8-10,17,19H,6-7,11-14H2,1-3H3. The minimum atomic E-state index is 0.397. The number of benzene rings is 1. The van der Waals surface area contributed by atoms with Crippen molar-refractivity contribution in [3.8, 4) is 5.75 Å². The molecule has 116 valence electrons. The summed E-state index contributed by atoms with van der Waals surface area (Å²) in [5.41, 5.74) is 2.66. The fraction of sp³-hybridized carbons (Fsp3) is 0.556.